The summed E-state index contributed by atoms with van der Waals surface area (Å²) >= 11 is 0. The fraction of sp³-hybridized carbons (Fsp3) is 0.118. The molecule has 0 saturated carbocycles. The molecule has 5 heteroatoms. The molecule has 0 aliphatic rings. The standard InChI is InChI=1S/C17H16F2N2Si/c18-15-6-2-13(3-7-15)17(14-4-8-16(19)9-5-14)22-12-21-11-1-10-20-21/h1-11,17H,12,22H2. The lowest BCUT2D eigenvalue weighted by Gasteiger charge is -2.18. The van der Waals surface area contributed by atoms with Crippen LogP contribution in [0.2, 0.25) is 0 Å². The Balaban J connectivity index is 1.87. The lowest BCUT2D eigenvalue weighted by atomic mass is 10.0. The summed E-state index contributed by atoms with van der Waals surface area (Å²) in [7, 11) is -0.609. The number of benzene rings is 2. The molecule has 0 fully saturated rings. The highest BCUT2D eigenvalue weighted by Gasteiger charge is 2.15. The molecule has 0 bridgehead atoms. The third-order valence-corrected chi connectivity index (χ3v) is 5.99. The molecule has 0 radical (unpaired) electrons. The van der Waals surface area contributed by atoms with E-state index in [1.54, 1.807) is 6.20 Å². The van der Waals surface area contributed by atoms with E-state index in [0.29, 0.717) is 0 Å². The molecule has 2 nitrogen and oxygen atoms in total. The lowest BCUT2D eigenvalue weighted by Crippen LogP contribution is -2.17. The van der Waals surface area contributed by atoms with Gasteiger partial charge < -0.3 is 0 Å². The predicted molar refractivity (Wildman–Crippen MR) is 85.4 cm³/mol. The molecule has 22 heavy (non-hydrogen) atoms. The molecule has 0 aliphatic heterocycles. The van der Waals surface area contributed by atoms with Crippen LogP contribution in [0, 0.1) is 11.6 Å². The van der Waals surface area contributed by atoms with Gasteiger partial charge in [-0.2, -0.15) is 5.10 Å². The molecule has 1 heterocycles. The minimum atomic E-state index is -0.609. The zero-order chi connectivity index (χ0) is 15.4. The topological polar surface area (TPSA) is 17.8 Å². The van der Waals surface area contributed by atoms with Gasteiger partial charge in [-0.05, 0) is 47.0 Å². The van der Waals surface area contributed by atoms with E-state index in [-0.39, 0.29) is 17.2 Å². The van der Waals surface area contributed by atoms with Gasteiger partial charge in [0.1, 0.15) is 11.6 Å². The first-order chi connectivity index (χ1) is 10.7. The molecule has 0 amide bonds. The molecule has 0 aliphatic carbocycles. The van der Waals surface area contributed by atoms with Crippen LogP contribution >= 0.6 is 0 Å². The number of rotatable bonds is 5. The van der Waals surface area contributed by atoms with Crippen LogP contribution in [0.3, 0.4) is 0 Å². The fourth-order valence-electron chi connectivity index (χ4n) is 2.61. The molecule has 2 aromatic carbocycles. The zero-order valence-corrected chi connectivity index (χ0v) is 13.4. The summed E-state index contributed by atoms with van der Waals surface area (Å²) in [6, 6.07) is 15.1. The molecule has 0 atom stereocenters. The Labute approximate surface area is 130 Å². The second-order valence-corrected chi connectivity index (χ2v) is 7.05. The van der Waals surface area contributed by atoms with Gasteiger partial charge in [0.25, 0.3) is 0 Å². The van der Waals surface area contributed by atoms with Gasteiger partial charge in [-0.25, -0.2) is 8.78 Å². The van der Waals surface area contributed by atoms with Crippen molar-refractivity contribution >= 4 is 9.52 Å². The molecule has 0 N–H and O–H groups in total. The quantitative estimate of drug-likeness (QED) is 0.662. The third kappa shape index (κ3) is 3.48. The molecular weight excluding hydrogens is 298 g/mol. The summed E-state index contributed by atoms with van der Waals surface area (Å²) in [6.45, 7) is 0. The number of nitrogens with zero attached hydrogens (tertiary/aromatic N) is 2. The summed E-state index contributed by atoms with van der Waals surface area (Å²) in [5.74, 6) is -0.481. The van der Waals surface area contributed by atoms with Crippen molar-refractivity contribution in [1.29, 1.82) is 0 Å². The fourth-order valence-corrected chi connectivity index (χ4v) is 4.61. The van der Waals surface area contributed by atoms with Crippen LogP contribution in [-0.4, -0.2) is 19.3 Å². The van der Waals surface area contributed by atoms with Crippen LogP contribution in [0.25, 0.3) is 0 Å². The zero-order valence-electron chi connectivity index (χ0n) is 12.0. The Hall–Kier alpha value is -2.27. The van der Waals surface area contributed by atoms with Crippen LogP contribution in [0.15, 0.2) is 67.0 Å². The van der Waals surface area contributed by atoms with E-state index < -0.39 is 9.52 Å². The minimum absolute atomic E-state index is 0.213. The Morgan fingerprint density at radius 3 is 1.91 bits per heavy atom. The highest BCUT2D eigenvalue weighted by atomic mass is 28.2. The third-order valence-electron chi connectivity index (χ3n) is 3.75. The largest absolute Gasteiger partial charge is 0.276 e. The number of hydrogen-bond acceptors (Lipinski definition) is 1. The highest BCUT2D eigenvalue weighted by molar-refractivity contribution is 6.37. The van der Waals surface area contributed by atoms with Crippen molar-refractivity contribution in [3.05, 3.63) is 89.8 Å². The average molecular weight is 314 g/mol. The smallest absolute Gasteiger partial charge is 0.123 e. The molecular formula is C17H16F2N2Si. The maximum absolute atomic E-state index is 13.2. The Kier molecular flexibility index (Phi) is 4.44. The maximum Gasteiger partial charge on any atom is 0.123 e. The van der Waals surface area contributed by atoms with E-state index in [9.17, 15) is 8.78 Å². The maximum atomic E-state index is 13.2. The molecule has 0 saturated heterocycles. The van der Waals surface area contributed by atoms with Crippen LogP contribution < -0.4 is 0 Å². The second-order valence-electron chi connectivity index (χ2n) is 5.21. The first-order valence-corrected chi connectivity index (χ1v) is 9.02. The SMILES string of the molecule is Fc1ccc(C([SiH2]Cn2cccn2)c2ccc(F)cc2)cc1. The van der Waals surface area contributed by atoms with E-state index in [2.05, 4.69) is 5.10 Å². The van der Waals surface area contributed by atoms with Crippen molar-refractivity contribution in [2.75, 3.05) is 0 Å². The van der Waals surface area contributed by atoms with Gasteiger partial charge >= 0.3 is 0 Å². The minimum Gasteiger partial charge on any atom is -0.276 e. The number of hydrogen-bond donors (Lipinski definition) is 0. The first-order valence-electron chi connectivity index (χ1n) is 7.21. The van der Waals surface area contributed by atoms with Gasteiger partial charge in [-0.15, -0.1) is 0 Å². The van der Waals surface area contributed by atoms with Crippen LogP contribution in [0.5, 0.6) is 0 Å². The van der Waals surface area contributed by atoms with E-state index in [0.717, 1.165) is 17.3 Å². The van der Waals surface area contributed by atoms with Crippen molar-refractivity contribution in [3.63, 3.8) is 0 Å². The second kappa shape index (κ2) is 6.66. The van der Waals surface area contributed by atoms with Gasteiger partial charge in [0.15, 0.2) is 0 Å². The monoisotopic (exact) mass is 314 g/mol. The summed E-state index contributed by atoms with van der Waals surface area (Å²) in [5.41, 5.74) is 2.36. The van der Waals surface area contributed by atoms with E-state index in [1.165, 1.54) is 24.3 Å². The van der Waals surface area contributed by atoms with Crippen LogP contribution in [-0.2, 0) is 6.17 Å². The molecule has 3 rings (SSSR count). The van der Waals surface area contributed by atoms with Gasteiger partial charge in [-0.1, -0.05) is 24.3 Å². The van der Waals surface area contributed by atoms with Crippen molar-refractivity contribution in [3.8, 4) is 0 Å². The van der Waals surface area contributed by atoms with Crippen LogP contribution in [0.1, 0.15) is 16.7 Å². The van der Waals surface area contributed by atoms with Crippen molar-refractivity contribution < 1.29 is 8.78 Å². The lowest BCUT2D eigenvalue weighted by molar-refractivity contribution is 0.626. The summed E-state index contributed by atoms with van der Waals surface area (Å²) in [6.07, 6.45) is 4.59. The number of halogens is 2. The highest BCUT2D eigenvalue weighted by Crippen LogP contribution is 2.24. The summed E-state index contributed by atoms with van der Waals surface area (Å²) < 4.78 is 28.2. The van der Waals surface area contributed by atoms with E-state index in [1.807, 2.05) is 41.2 Å². The average Bonchev–Trinajstić information content (AvgIpc) is 3.04. The Bertz CT molecular complexity index is 664. The molecule has 0 spiro atoms. The Morgan fingerprint density at radius 2 is 1.45 bits per heavy atom. The van der Waals surface area contributed by atoms with E-state index >= 15 is 0 Å². The normalized spacial score (nSPS) is 11.6. The van der Waals surface area contributed by atoms with Crippen molar-refractivity contribution in [2.24, 2.45) is 0 Å². The van der Waals surface area contributed by atoms with Crippen molar-refractivity contribution in [1.82, 2.24) is 9.78 Å². The summed E-state index contributed by atoms with van der Waals surface area (Å²) in [4.78, 5) is 0. The molecule has 0 unspecified atom stereocenters. The van der Waals surface area contributed by atoms with Gasteiger partial charge in [-0.3, -0.25) is 4.68 Å². The molecule has 1 aromatic heterocycles. The molecule has 112 valence electrons. The number of aromatic nitrogens is 2. The van der Waals surface area contributed by atoms with Gasteiger partial charge in [0.2, 0.25) is 0 Å². The van der Waals surface area contributed by atoms with E-state index in [4.69, 9.17) is 0 Å². The Morgan fingerprint density at radius 1 is 0.909 bits per heavy atom. The van der Waals surface area contributed by atoms with Crippen LogP contribution in [0.4, 0.5) is 8.78 Å². The summed E-state index contributed by atoms with van der Waals surface area (Å²) in [5, 5.41) is 4.24. The predicted octanol–water partition coefficient (Wildman–Crippen LogP) is 3.08. The first kappa shape index (κ1) is 14.7. The van der Waals surface area contributed by atoms with Gasteiger partial charge in [0, 0.05) is 18.6 Å². The van der Waals surface area contributed by atoms with Gasteiger partial charge in [0.05, 0.1) is 9.52 Å². The molecule has 3 aromatic rings. The van der Waals surface area contributed by atoms with Crippen molar-refractivity contribution in [2.45, 2.75) is 11.7 Å².